The molecule has 23 heavy (non-hydrogen) atoms. The smallest absolute Gasteiger partial charge is 0.337 e. The first-order chi connectivity index (χ1) is 11.2. The van der Waals surface area contributed by atoms with Crippen molar-refractivity contribution in [1.29, 1.82) is 0 Å². The van der Waals surface area contributed by atoms with E-state index in [2.05, 4.69) is 10.1 Å². The molecule has 0 radical (unpaired) electrons. The molecule has 2 aromatic carbocycles. The number of carbonyl (C=O) groups excluding carboxylic acids is 1. The monoisotopic (exact) mass is 317 g/mol. The van der Waals surface area contributed by atoms with Crippen molar-refractivity contribution < 1.29 is 19.0 Å². The number of hydrogen-bond acceptors (Lipinski definition) is 4. The molecule has 122 valence electrons. The van der Waals surface area contributed by atoms with Gasteiger partial charge < -0.3 is 15.2 Å². The second kappa shape index (κ2) is 8.41. The van der Waals surface area contributed by atoms with Crippen molar-refractivity contribution >= 4 is 5.97 Å². The van der Waals surface area contributed by atoms with E-state index in [1.165, 1.54) is 19.2 Å². The zero-order valence-electron chi connectivity index (χ0n) is 13.0. The first kappa shape index (κ1) is 17.1. The summed E-state index contributed by atoms with van der Waals surface area (Å²) in [6, 6.07) is 13.9. The maximum absolute atomic E-state index is 14.1. The molecule has 0 fully saturated rings. The van der Waals surface area contributed by atoms with E-state index < -0.39 is 11.8 Å². The number of nitrogens with one attached hydrogen (secondary N) is 1. The predicted molar refractivity (Wildman–Crippen MR) is 85.5 cm³/mol. The van der Waals surface area contributed by atoms with Crippen LogP contribution in [0, 0.1) is 5.82 Å². The lowest BCUT2D eigenvalue weighted by atomic mass is 10.0. The number of aliphatic hydroxyl groups is 1. The molecule has 0 spiro atoms. The average molecular weight is 317 g/mol. The molecule has 2 aromatic rings. The van der Waals surface area contributed by atoms with Crippen LogP contribution in [-0.2, 0) is 11.3 Å². The van der Waals surface area contributed by atoms with Crippen molar-refractivity contribution in [2.45, 2.75) is 19.0 Å². The van der Waals surface area contributed by atoms with Gasteiger partial charge in [-0.2, -0.15) is 0 Å². The molecular weight excluding hydrogens is 297 g/mol. The molecule has 2 N–H and O–H groups in total. The summed E-state index contributed by atoms with van der Waals surface area (Å²) in [6.45, 7) is 0.336. The molecule has 0 saturated heterocycles. The normalized spacial score (nSPS) is 12.0. The van der Waals surface area contributed by atoms with Crippen molar-refractivity contribution in [3.8, 4) is 0 Å². The molecule has 1 atom stereocenters. The third kappa shape index (κ3) is 4.61. The third-order valence-corrected chi connectivity index (χ3v) is 3.63. The van der Waals surface area contributed by atoms with Crippen LogP contribution in [-0.4, -0.2) is 24.8 Å². The number of esters is 1. The van der Waals surface area contributed by atoms with Crippen LogP contribution in [0.25, 0.3) is 0 Å². The van der Waals surface area contributed by atoms with Crippen LogP contribution in [0.1, 0.15) is 33.9 Å². The van der Waals surface area contributed by atoms with E-state index >= 15 is 0 Å². The van der Waals surface area contributed by atoms with Crippen LogP contribution in [0.2, 0.25) is 0 Å². The first-order valence-electron chi connectivity index (χ1n) is 7.41. The number of aliphatic hydroxyl groups excluding tert-OH is 1. The highest BCUT2D eigenvalue weighted by molar-refractivity contribution is 5.89. The van der Waals surface area contributed by atoms with Crippen molar-refractivity contribution in [1.82, 2.24) is 5.32 Å². The Hall–Kier alpha value is -2.24. The maximum atomic E-state index is 14.1. The summed E-state index contributed by atoms with van der Waals surface area (Å²) < 4.78 is 18.7. The Morgan fingerprint density at radius 3 is 2.61 bits per heavy atom. The van der Waals surface area contributed by atoms with Gasteiger partial charge in [0.15, 0.2) is 0 Å². The first-order valence-corrected chi connectivity index (χ1v) is 7.41. The molecule has 0 saturated carbocycles. The van der Waals surface area contributed by atoms with E-state index in [1.807, 2.05) is 30.3 Å². The Morgan fingerprint density at radius 2 is 2.00 bits per heavy atom. The van der Waals surface area contributed by atoms with Crippen molar-refractivity contribution in [3.05, 3.63) is 71.0 Å². The zero-order valence-corrected chi connectivity index (χ0v) is 13.0. The molecule has 0 aromatic heterocycles. The van der Waals surface area contributed by atoms with E-state index in [9.17, 15) is 14.3 Å². The van der Waals surface area contributed by atoms with Crippen molar-refractivity contribution in [2.75, 3.05) is 13.7 Å². The van der Waals surface area contributed by atoms with Gasteiger partial charge in [-0.1, -0.05) is 36.4 Å². The average Bonchev–Trinajstić information content (AvgIpc) is 2.59. The summed E-state index contributed by atoms with van der Waals surface area (Å²) in [5, 5.41) is 12.4. The van der Waals surface area contributed by atoms with Gasteiger partial charge >= 0.3 is 5.97 Å². The lowest BCUT2D eigenvalue weighted by Crippen LogP contribution is -2.22. The van der Waals surface area contributed by atoms with Crippen molar-refractivity contribution in [2.24, 2.45) is 0 Å². The predicted octanol–water partition coefficient (Wildman–Crippen LogP) is 2.83. The second-order valence-electron chi connectivity index (χ2n) is 5.15. The summed E-state index contributed by atoms with van der Waals surface area (Å²) >= 11 is 0. The number of benzene rings is 2. The summed E-state index contributed by atoms with van der Waals surface area (Å²) in [7, 11) is 1.26. The van der Waals surface area contributed by atoms with Gasteiger partial charge in [0.2, 0.25) is 0 Å². The molecule has 5 heteroatoms. The number of hydrogen-bond donors (Lipinski definition) is 2. The van der Waals surface area contributed by atoms with Gasteiger partial charge in [-0.05, 0) is 24.1 Å². The fourth-order valence-electron chi connectivity index (χ4n) is 2.37. The topological polar surface area (TPSA) is 58.6 Å². The fourth-order valence-corrected chi connectivity index (χ4v) is 2.37. The molecule has 0 bridgehead atoms. The minimum absolute atomic E-state index is 0.0380. The fraction of sp³-hybridized carbons (Fsp3) is 0.278. The number of rotatable bonds is 7. The Labute approximate surface area is 134 Å². The molecule has 0 aliphatic heterocycles. The second-order valence-corrected chi connectivity index (χ2v) is 5.15. The van der Waals surface area contributed by atoms with E-state index in [4.69, 9.17) is 0 Å². The van der Waals surface area contributed by atoms with Gasteiger partial charge in [-0.25, -0.2) is 9.18 Å². The van der Waals surface area contributed by atoms with E-state index in [1.54, 1.807) is 6.07 Å². The van der Waals surface area contributed by atoms with Gasteiger partial charge in [0.25, 0.3) is 0 Å². The number of ether oxygens (including phenoxy) is 1. The molecule has 0 aliphatic rings. The van der Waals surface area contributed by atoms with Crippen LogP contribution in [0.15, 0.2) is 48.5 Å². The van der Waals surface area contributed by atoms with Crippen molar-refractivity contribution in [3.63, 3.8) is 0 Å². The minimum Gasteiger partial charge on any atom is -0.465 e. The van der Waals surface area contributed by atoms with Gasteiger partial charge in [0.1, 0.15) is 5.82 Å². The summed E-state index contributed by atoms with van der Waals surface area (Å²) in [4.78, 5) is 11.4. The number of carbonyl (C=O) groups is 1. The summed E-state index contributed by atoms with van der Waals surface area (Å²) in [5.41, 5.74) is 1.67. The minimum atomic E-state index is -0.564. The van der Waals surface area contributed by atoms with Crippen LogP contribution >= 0.6 is 0 Å². The Bertz CT molecular complexity index is 646. The number of methoxy groups -OCH3 is 1. The zero-order chi connectivity index (χ0) is 16.7. The summed E-state index contributed by atoms with van der Waals surface area (Å²) in [5.74, 6) is -1.03. The quantitative estimate of drug-likeness (QED) is 0.771. The SMILES string of the molecule is COC(=O)c1ccc(CNC(CCO)c2ccccc2)c(F)c1. The molecule has 2 rings (SSSR count). The Balaban J connectivity index is 2.07. The molecule has 0 amide bonds. The molecule has 1 unspecified atom stereocenters. The maximum Gasteiger partial charge on any atom is 0.337 e. The third-order valence-electron chi connectivity index (χ3n) is 3.63. The molecule has 4 nitrogen and oxygen atoms in total. The van der Waals surface area contributed by atoms with Gasteiger partial charge in [-0.15, -0.1) is 0 Å². The van der Waals surface area contributed by atoms with Gasteiger partial charge in [-0.3, -0.25) is 0 Å². The highest BCUT2D eigenvalue weighted by Gasteiger charge is 2.13. The lowest BCUT2D eigenvalue weighted by Gasteiger charge is -2.18. The van der Waals surface area contributed by atoms with Crippen LogP contribution in [0.4, 0.5) is 4.39 Å². The highest BCUT2D eigenvalue weighted by Crippen LogP contribution is 2.18. The Kier molecular flexibility index (Phi) is 6.26. The van der Waals surface area contributed by atoms with E-state index in [-0.39, 0.29) is 18.2 Å². The molecule has 0 heterocycles. The van der Waals surface area contributed by atoms with Gasteiger partial charge in [0, 0.05) is 24.8 Å². The summed E-state index contributed by atoms with van der Waals surface area (Å²) in [6.07, 6.45) is 0.534. The molecular formula is C18H20FNO3. The van der Waals surface area contributed by atoms with E-state index in [0.717, 1.165) is 5.56 Å². The van der Waals surface area contributed by atoms with E-state index in [0.29, 0.717) is 18.5 Å². The van der Waals surface area contributed by atoms with Gasteiger partial charge in [0.05, 0.1) is 12.7 Å². The standard InChI is InChI=1S/C18H20FNO3/c1-23-18(22)14-7-8-15(16(19)11-14)12-20-17(9-10-21)13-5-3-2-4-6-13/h2-8,11,17,20-21H,9-10,12H2,1H3. The molecule has 0 aliphatic carbocycles. The largest absolute Gasteiger partial charge is 0.465 e. The lowest BCUT2D eigenvalue weighted by molar-refractivity contribution is 0.0600. The van der Waals surface area contributed by atoms with Crippen LogP contribution < -0.4 is 5.32 Å². The highest BCUT2D eigenvalue weighted by atomic mass is 19.1. The van der Waals surface area contributed by atoms with Crippen LogP contribution in [0.5, 0.6) is 0 Å². The van der Waals surface area contributed by atoms with Crippen LogP contribution in [0.3, 0.4) is 0 Å². The Morgan fingerprint density at radius 1 is 1.26 bits per heavy atom. The number of halogens is 1.